The summed E-state index contributed by atoms with van der Waals surface area (Å²) in [6.07, 6.45) is 3.80. The van der Waals surface area contributed by atoms with Gasteiger partial charge in [-0.2, -0.15) is 0 Å². The fourth-order valence-electron chi connectivity index (χ4n) is 4.02. The summed E-state index contributed by atoms with van der Waals surface area (Å²) >= 11 is 0. The highest BCUT2D eigenvalue weighted by Gasteiger charge is 2.43. The molecule has 0 aromatic carbocycles. The van der Waals surface area contributed by atoms with Gasteiger partial charge >= 0.3 is 11.9 Å². The molecule has 244 valence electrons. The highest BCUT2D eigenvalue weighted by molar-refractivity contribution is 7.59. The Balaban J connectivity index is 2.21. The zero-order valence-electron chi connectivity index (χ0n) is 27.9. The van der Waals surface area contributed by atoms with Crippen LogP contribution in [-0.2, 0) is 34.9 Å². The summed E-state index contributed by atoms with van der Waals surface area (Å²) in [5.41, 5.74) is 4.96. The lowest BCUT2D eigenvalue weighted by atomic mass is 9.93. The van der Waals surface area contributed by atoms with Gasteiger partial charge in [-0.1, -0.05) is 41.5 Å². The predicted octanol–water partition coefficient (Wildman–Crippen LogP) is 5.26. The molecule has 0 fully saturated rings. The van der Waals surface area contributed by atoms with E-state index in [9.17, 15) is 14.2 Å². The quantitative estimate of drug-likeness (QED) is 0.175. The molecule has 0 aliphatic carbocycles. The van der Waals surface area contributed by atoms with E-state index in [4.69, 9.17) is 19.9 Å². The van der Waals surface area contributed by atoms with Gasteiger partial charge in [0.05, 0.1) is 37.9 Å². The maximum Gasteiger partial charge on any atom is 0.326 e. The Morgan fingerprint density at radius 3 is 1.86 bits per heavy atom. The van der Waals surface area contributed by atoms with Crippen molar-refractivity contribution in [2.75, 3.05) is 25.3 Å². The third-order valence-electron chi connectivity index (χ3n) is 6.64. The van der Waals surface area contributed by atoms with Gasteiger partial charge in [0.25, 0.3) is 0 Å². The molecule has 0 unspecified atom stereocenters. The summed E-state index contributed by atoms with van der Waals surface area (Å²) in [5, 5.41) is 5.90. The van der Waals surface area contributed by atoms with Crippen LogP contribution in [0, 0.1) is 10.8 Å². The first kappa shape index (κ1) is 36.7. The number of ether oxygens (including phenoxy) is 3. The van der Waals surface area contributed by atoms with E-state index in [2.05, 4.69) is 61.7 Å². The summed E-state index contributed by atoms with van der Waals surface area (Å²) in [6.45, 7) is 21.3. The van der Waals surface area contributed by atoms with Gasteiger partial charge in [-0.3, -0.25) is 14.2 Å². The van der Waals surface area contributed by atoms with Gasteiger partial charge in [0.15, 0.2) is 5.65 Å². The van der Waals surface area contributed by atoms with E-state index in [1.165, 1.54) is 0 Å². The number of esters is 2. The summed E-state index contributed by atoms with van der Waals surface area (Å²) in [4.78, 5) is 34.8. The van der Waals surface area contributed by atoms with Gasteiger partial charge in [-0.05, 0) is 64.4 Å². The fraction of sp³-hybridized carbons (Fsp3) is 0.733. The SMILES string of the molecule is C[C@H](Cn1cnc2c(N)ccnc21)OCP(=O)(NC(C)(C)C(=O)OCCC(C)(C)C)NC(C)(C)C(=O)OCCC(C)(C)C. The van der Waals surface area contributed by atoms with Crippen molar-refractivity contribution in [1.82, 2.24) is 24.7 Å². The molecule has 2 aromatic heterocycles. The molecule has 2 heterocycles. The minimum Gasteiger partial charge on any atom is -0.464 e. The average molecular weight is 625 g/mol. The van der Waals surface area contributed by atoms with Gasteiger partial charge < -0.3 is 24.5 Å². The van der Waals surface area contributed by atoms with Crippen LogP contribution in [0.5, 0.6) is 0 Å². The Kier molecular flexibility index (Phi) is 12.0. The number of nitrogens with two attached hydrogens (primary N) is 1. The Hall–Kier alpha value is -2.53. The summed E-state index contributed by atoms with van der Waals surface area (Å²) < 4.78 is 33.4. The monoisotopic (exact) mass is 624 g/mol. The molecular weight excluding hydrogens is 571 g/mol. The Morgan fingerprint density at radius 2 is 1.40 bits per heavy atom. The maximum atomic E-state index is 14.5. The number of hydrogen-bond donors (Lipinski definition) is 3. The van der Waals surface area contributed by atoms with Gasteiger partial charge in [0.1, 0.15) is 22.9 Å². The molecule has 12 nitrogen and oxygen atoms in total. The zero-order chi connectivity index (χ0) is 32.9. The van der Waals surface area contributed by atoms with Crippen LogP contribution in [0.15, 0.2) is 18.6 Å². The lowest BCUT2D eigenvalue weighted by molar-refractivity contribution is -0.150. The summed E-state index contributed by atoms with van der Waals surface area (Å²) in [6, 6.07) is 1.68. The van der Waals surface area contributed by atoms with E-state index in [0.29, 0.717) is 36.2 Å². The molecule has 0 amide bonds. The number of imidazole rings is 1. The molecule has 43 heavy (non-hydrogen) atoms. The van der Waals surface area contributed by atoms with Crippen molar-refractivity contribution in [3.8, 4) is 0 Å². The normalized spacial score (nSPS) is 14.1. The third kappa shape index (κ3) is 11.8. The van der Waals surface area contributed by atoms with Crippen LogP contribution >= 0.6 is 7.44 Å². The molecule has 0 bridgehead atoms. The number of fused-ring (bicyclic) bond motifs is 1. The number of nitrogens with zero attached hydrogens (tertiary/aromatic N) is 3. The number of nitrogen functional groups attached to an aromatic ring is 1. The molecule has 0 aliphatic rings. The van der Waals surface area contributed by atoms with Crippen LogP contribution in [0.25, 0.3) is 11.2 Å². The van der Waals surface area contributed by atoms with E-state index < -0.39 is 36.6 Å². The highest BCUT2D eigenvalue weighted by Crippen LogP contribution is 2.42. The van der Waals surface area contributed by atoms with Crippen molar-refractivity contribution in [2.24, 2.45) is 10.8 Å². The van der Waals surface area contributed by atoms with Crippen LogP contribution in [0.3, 0.4) is 0 Å². The first-order chi connectivity index (χ1) is 19.5. The number of hydrogen-bond acceptors (Lipinski definition) is 9. The molecule has 1 atom stereocenters. The number of carbonyl (C=O) groups excluding carboxylic acids is 2. The van der Waals surface area contributed by atoms with Gasteiger partial charge in [-0.25, -0.2) is 20.1 Å². The molecular formula is C30H53N6O6P. The van der Waals surface area contributed by atoms with Crippen LogP contribution in [0.4, 0.5) is 5.69 Å². The van der Waals surface area contributed by atoms with E-state index in [1.54, 1.807) is 50.9 Å². The van der Waals surface area contributed by atoms with Gasteiger partial charge in [0.2, 0.25) is 7.44 Å². The van der Waals surface area contributed by atoms with E-state index in [1.807, 2.05) is 6.92 Å². The van der Waals surface area contributed by atoms with Crippen molar-refractivity contribution in [3.05, 3.63) is 18.6 Å². The van der Waals surface area contributed by atoms with Crippen molar-refractivity contribution in [3.63, 3.8) is 0 Å². The van der Waals surface area contributed by atoms with Gasteiger partial charge in [-0.15, -0.1) is 0 Å². The Morgan fingerprint density at radius 1 is 0.907 bits per heavy atom. The van der Waals surface area contributed by atoms with Crippen molar-refractivity contribution < 1.29 is 28.4 Å². The van der Waals surface area contributed by atoms with Gasteiger partial charge in [0, 0.05) is 6.20 Å². The molecule has 2 aromatic rings. The average Bonchev–Trinajstić information content (AvgIpc) is 3.24. The van der Waals surface area contributed by atoms with Crippen LogP contribution in [0.1, 0.15) is 89.0 Å². The smallest absolute Gasteiger partial charge is 0.326 e. The minimum absolute atomic E-state index is 0.0160. The molecule has 0 saturated heterocycles. The summed E-state index contributed by atoms with van der Waals surface area (Å²) in [7, 11) is -3.78. The topological polar surface area (TPSA) is 160 Å². The second kappa shape index (κ2) is 14.1. The van der Waals surface area contributed by atoms with Crippen LogP contribution < -0.4 is 15.9 Å². The largest absolute Gasteiger partial charge is 0.464 e. The number of aromatic nitrogens is 3. The third-order valence-corrected chi connectivity index (χ3v) is 8.99. The molecule has 13 heteroatoms. The second-order valence-corrected chi connectivity index (χ2v) is 16.9. The predicted molar refractivity (Wildman–Crippen MR) is 169 cm³/mol. The van der Waals surface area contributed by atoms with E-state index in [0.717, 1.165) is 0 Å². The zero-order valence-corrected chi connectivity index (χ0v) is 28.8. The van der Waals surface area contributed by atoms with E-state index >= 15 is 0 Å². The lowest BCUT2D eigenvalue weighted by Crippen LogP contribution is -2.54. The molecule has 0 radical (unpaired) electrons. The highest BCUT2D eigenvalue weighted by atomic mass is 31.2. The van der Waals surface area contributed by atoms with Crippen LogP contribution in [-0.4, -0.2) is 63.2 Å². The standard InChI is InChI=1S/C30H53N6O6P/c1-21(18-36-19-33-23-22(31)12-15-32-24(23)36)42-20-43(39,34-29(8,9)25(37)40-16-13-27(2,3)4)35-30(10,11)26(38)41-17-14-28(5,6)7/h12,15,19,21H,13-14,16-18,20H2,1-11H3,(H2,31,32)(H2,34,35,39)/t21-/m1/s1. The Bertz CT molecular complexity index is 1240. The van der Waals surface area contributed by atoms with Crippen molar-refractivity contribution in [1.29, 1.82) is 0 Å². The van der Waals surface area contributed by atoms with Crippen molar-refractivity contribution >= 4 is 36.2 Å². The first-order valence-electron chi connectivity index (χ1n) is 14.7. The van der Waals surface area contributed by atoms with Crippen molar-refractivity contribution in [2.45, 2.75) is 113 Å². The molecule has 4 N–H and O–H groups in total. The molecule has 2 rings (SSSR count). The fourth-order valence-corrected chi connectivity index (χ4v) is 6.66. The number of anilines is 1. The number of rotatable bonds is 15. The number of carbonyl (C=O) groups is 2. The molecule has 0 spiro atoms. The summed E-state index contributed by atoms with van der Waals surface area (Å²) in [5.74, 6) is -1.13. The molecule has 0 aliphatic heterocycles. The second-order valence-electron chi connectivity index (χ2n) is 14.7. The lowest BCUT2D eigenvalue weighted by Gasteiger charge is -2.35. The molecule has 0 saturated carbocycles. The minimum atomic E-state index is -3.78. The number of pyridine rings is 1. The Labute approximate surface area is 256 Å². The first-order valence-corrected chi connectivity index (χ1v) is 16.6. The maximum absolute atomic E-state index is 14.5. The van der Waals surface area contributed by atoms with E-state index in [-0.39, 0.29) is 30.4 Å². The van der Waals surface area contributed by atoms with Crippen LogP contribution in [0.2, 0.25) is 0 Å². The number of nitrogens with one attached hydrogen (secondary N) is 2.